The zero-order valence-corrected chi connectivity index (χ0v) is 19.4. The van der Waals surface area contributed by atoms with Gasteiger partial charge in [-0.15, -0.1) is 0 Å². The van der Waals surface area contributed by atoms with Gasteiger partial charge in [0.1, 0.15) is 22.3 Å². The third-order valence-electron chi connectivity index (χ3n) is 5.64. The second kappa shape index (κ2) is 8.54. The number of hydrogen-bond acceptors (Lipinski definition) is 5. The van der Waals surface area contributed by atoms with E-state index in [0.717, 1.165) is 17.7 Å². The van der Waals surface area contributed by atoms with Crippen molar-refractivity contribution in [1.29, 1.82) is 0 Å². The Bertz CT molecular complexity index is 1600. The molecule has 0 atom stereocenters. The molecule has 0 spiro atoms. The second-order valence-corrected chi connectivity index (χ2v) is 9.99. The van der Waals surface area contributed by atoms with Crippen molar-refractivity contribution < 1.29 is 21.6 Å². The average Bonchev–Trinajstić information content (AvgIpc) is 2.79. The lowest BCUT2D eigenvalue weighted by molar-refractivity contribution is 0.551. The van der Waals surface area contributed by atoms with Gasteiger partial charge in [0.25, 0.3) is 10.0 Å². The summed E-state index contributed by atoms with van der Waals surface area (Å²) in [6.45, 7) is 0. The molecule has 0 saturated heterocycles. The van der Waals surface area contributed by atoms with E-state index >= 15 is 0 Å². The van der Waals surface area contributed by atoms with E-state index in [-0.39, 0.29) is 16.7 Å². The Hall–Kier alpha value is -3.63. The topological polar surface area (TPSA) is 98.0 Å². The first kappa shape index (κ1) is 23.1. The molecule has 1 aromatic heterocycles. The molecule has 4 aromatic rings. The number of nitrogen functional groups attached to an aromatic ring is 1. The van der Waals surface area contributed by atoms with Crippen molar-refractivity contribution in [3.63, 3.8) is 0 Å². The number of nitrogens with one attached hydrogen (secondary N) is 1. The molecule has 5 rings (SSSR count). The highest BCUT2D eigenvalue weighted by Gasteiger charge is 2.27. The number of benzene rings is 3. The summed E-state index contributed by atoms with van der Waals surface area (Å²) in [5, 5.41) is 0.0954. The molecule has 11 heteroatoms. The smallest absolute Gasteiger partial charge is 0.264 e. The number of anilines is 2. The number of nitrogens with two attached hydrogens (primary N) is 1. The standard InChI is InChI=1S/C24H16ClF3N4O2S/c25-17-9-13-3-7-19-22(23(31-24(29)30-19)12-1-4-14(26)5-2-12)16(13)11-20(17)32-35(33,34)21-8-6-15(27)10-18(21)28/h1-2,4-6,8-11,32H,3,7H2,(H2,29,30,31). The van der Waals surface area contributed by atoms with Crippen LogP contribution < -0.4 is 10.5 Å². The molecule has 1 aliphatic carbocycles. The predicted molar refractivity (Wildman–Crippen MR) is 127 cm³/mol. The number of aryl methyl sites for hydroxylation is 2. The van der Waals surface area contributed by atoms with Gasteiger partial charge < -0.3 is 5.73 Å². The highest BCUT2D eigenvalue weighted by molar-refractivity contribution is 7.92. The quantitative estimate of drug-likeness (QED) is 0.380. The van der Waals surface area contributed by atoms with Crippen molar-refractivity contribution in [2.75, 3.05) is 10.5 Å². The van der Waals surface area contributed by atoms with Crippen molar-refractivity contribution in [2.45, 2.75) is 17.7 Å². The fraction of sp³-hybridized carbons (Fsp3) is 0.0833. The number of aromatic nitrogens is 2. The Balaban J connectivity index is 1.65. The van der Waals surface area contributed by atoms with Crippen molar-refractivity contribution in [3.8, 4) is 22.4 Å². The van der Waals surface area contributed by atoms with E-state index in [1.165, 1.54) is 18.2 Å². The van der Waals surface area contributed by atoms with Gasteiger partial charge in [0.15, 0.2) is 0 Å². The molecular formula is C24H16ClF3N4O2S. The molecular weight excluding hydrogens is 501 g/mol. The molecule has 0 amide bonds. The largest absolute Gasteiger partial charge is 0.368 e. The van der Waals surface area contributed by atoms with Crippen LogP contribution in [0.25, 0.3) is 22.4 Å². The van der Waals surface area contributed by atoms with Crippen molar-refractivity contribution in [3.05, 3.63) is 88.3 Å². The Morgan fingerprint density at radius 3 is 2.34 bits per heavy atom. The van der Waals surface area contributed by atoms with Crippen LogP contribution in [-0.4, -0.2) is 18.4 Å². The summed E-state index contributed by atoms with van der Waals surface area (Å²) >= 11 is 6.37. The first-order chi connectivity index (χ1) is 16.6. The number of hydrogen-bond donors (Lipinski definition) is 2. The van der Waals surface area contributed by atoms with Gasteiger partial charge >= 0.3 is 0 Å². The molecule has 1 aliphatic rings. The van der Waals surface area contributed by atoms with Crippen LogP contribution in [0.4, 0.5) is 24.8 Å². The zero-order chi connectivity index (χ0) is 24.9. The number of sulfonamides is 1. The Labute approximate surface area is 203 Å². The normalized spacial score (nSPS) is 12.7. The minimum atomic E-state index is -4.43. The Morgan fingerprint density at radius 2 is 1.63 bits per heavy atom. The van der Waals surface area contributed by atoms with Gasteiger partial charge in [-0.05, 0) is 72.5 Å². The number of halogens is 4. The SMILES string of the molecule is Nc1nc2c(c(-c3ccc(F)cc3)n1)-c1cc(NS(=O)(=O)c3ccc(F)cc3F)c(Cl)cc1CC2. The summed E-state index contributed by atoms with van der Waals surface area (Å²) in [7, 11) is -4.43. The van der Waals surface area contributed by atoms with Gasteiger partial charge in [-0.3, -0.25) is 4.72 Å². The van der Waals surface area contributed by atoms with Gasteiger partial charge in [0.05, 0.1) is 22.1 Å². The maximum absolute atomic E-state index is 14.2. The van der Waals surface area contributed by atoms with Crippen LogP contribution in [0, 0.1) is 17.5 Å². The molecule has 0 saturated carbocycles. The van der Waals surface area contributed by atoms with Crippen molar-refractivity contribution in [1.82, 2.24) is 9.97 Å². The van der Waals surface area contributed by atoms with Crippen LogP contribution in [0.1, 0.15) is 11.3 Å². The summed E-state index contributed by atoms with van der Waals surface area (Å²) in [6, 6.07) is 11.0. The fourth-order valence-corrected chi connectivity index (χ4v) is 5.51. The average molecular weight is 517 g/mol. The van der Waals surface area contributed by atoms with Crippen LogP contribution in [0.5, 0.6) is 0 Å². The number of fused-ring (bicyclic) bond motifs is 3. The zero-order valence-electron chi connectivity index (χ0n) is 17.8. The predicted octanol–water partition coefficient (Wildman–Crippen LogP) is 5.36. The third-order valence-corrected chi connectivity index (χ3v) is 7.35. The first-order valence-electron chi connectivity index (χ1n) is 10.4. The van der Waals surface area contributed by atoms with E-state index in [0.29, 0.717) is 47.0 Å². The summed E-state index contributed by atoms with van der Waals surface area (Å²) in [4.78, 5) is 7.99. The molecule has 0 bridgehead atoms. The van der Waals surface area contributed by atoms with Gasteiger partial charge in [0.2, 0.25) is 5.95 Å². The van der Waals surface area contributed by atoms with Crippen LogP contribution >= 0.6 is 11.6 Å². The summed E-state index contributed by atoms with van der Waals surface area (Å²) < 4.78 is 69.0. The van der Waals surface area contributed by atoms with E-state index in [1.54, 1.807) is 18.2 Å². The maximum atomic E-state index is 14.2. The minimum absolute atomic E-state index is 0.0103. The third kappa shape index (κ3) is 4.30. The van der Waals surface area contributed by atoms with E-state index < -0.39 is 32.4 Å². The van der Waals surface area contributed by atoms with Gasteiger partial charge in [-0.25, -0.2) is 31.6 Å². The van der Waals surface area contributed by atoms with Crippen LogP contribution in [0.3, 0.4) is 0 Å². The first-order valence-corrected chi connectivity index (χ1v) is 12.2. The fourth-order valence-electron chi connectivity index (χ4n) is 4.09. The number of nitrogens with zero attached hydrogens (tertiary/aromatic N) is 2. The van der Waals surface area contributed by atoms with Crippen LogP contribution in [0.15, 0.2) is 59.5 Å². The molecule has 0 aliphatic heterocycles. The summed E-state index contributed by atoms with van der Waals surface area (Å²) in [6.07, 6.45) is 1.09. The second-order valence-electron chi connectivity index (χ2n) is 7.93. The highest BCUT2D eigenvalue weighted by atomic mass is 35.5. The van der Waals surface area contributed by atoms with Crippen LogP contribution in [-0.2, 0) is 22.9 Å². The van der Waals surface area contributed by atoms with Crippen LogP contribution in [0.2, 0.25) is 5.02 Å². The summed E-state index contributed by atoms with van der Waals surface area (Å²) in [5.41, 5.74) is 9.63. The monoisotopic (exact) mass is 516 g/mol. The van der Waals surface area contributed by atoms with Gasteiger partial charge in [-0.1, -0.05) is 11.6 Å². The van der Waals surface area contributed by atoms with E-state index in [2.05, 4.69) is 14.7 Å². The molecule has 0 fully saturated rings. The molecule has 178 valence electrons. The van der Waals surface area contributed by atoms with E-state index in [1.807, 2.05) is 0 Å². The molecule has 0 radical (unpaired) electrons. The molecule has 3 aromatic carbocycles. The van der Waals surface area contributed by atoms with E-state index in [9.17, 15) is 21.6 Å². The number of rotatable bonds is 4. The van der Waals surface area contributed by atoms with Crippen molar-refractivity contribution in [2.24, 2.45) is 0 Å². The Kier molecular flexibility index (Phi) is 5.65. The maximum Gasteiger partial charge on any atom is 0.264 e. The molecule has 6 nitrogen and oxygen atoms in total. The van der Waals surface area contributed by atoms with Crippen molar-refractivity contribution >= 4 is 33.3 Å². The molecule has 3 N–H and O–H groups in total. The van der Waals surface area contributed by atoms with E-state index in [4.69, 9.17) is 17.3 Å². The summed E-state index contributed by atoms with van der Waals surface area (Å²) in [5.74, 6) is -2.51. The minimum Gasteiger partial charge on any atom is -0.368 e. The molecule has 0 unspecified atom stereocenters. The molecule has 35 heavy (non-hydrogen) atoms. The highest BCUT2D eigenvalue weighted by Crippen LogP contribution is 2.43. The van der Waals surface area contributed by atoms with Gasteiger partial charge in [-0.2, -0.15) is 0 Å². The lowest BCUT2D eigenvalue weighted by Gasteiger charge is -2.23. The van der Waals surface area contributed by atoms with Gasteiger partial charge in [0, 0.05) is 17.2 Å². The lowest BCUT2D eigenvalue weighted by Crippen LogP contribution is -2.16. The Morgan fingerprint density at radius 1 is 0.914 bits per heavy atom. The lowest BCUT2D eigenvalue weighted by atomic mass is 9.86. The molecule has 1 heterocycles.